The number of carboxylic acids is 2. The van der Waals surface area contributed by atoms with Crippen molar-refractivity contribution >= 4 is 46.0 Å². The lowest BCUT2D eigenvalue weighted by Crippen LogP contribution is -2.46. The van der Waals surface area contributed by atoms with Crippen LogP contribution in [-0.4, -0.2) is 59.0 Å². The maximum atomic E-state index is 13.5. The van der Waals surface area contributed by atoms with Crippen molar-refractivity contribution in [1.29, 1.82) is 0 Å². The molecule has 6 unspecified atom stereocenters. The first-order valence-corrected chi connectivity index (χ1v) is 17.2. The molecule has 2 aliphatic heterocycles. The molecule has 47 heavy (non-hydrogen) atoms. The van der Waals surface area contributed by atoms with Gasteiger partial charge in [-0.15, -0.1) is 12.4 Å². The number of benzene rings is 4. The Morgan fingerprint density at radius 3 is 1.77 bits per heavy atom. The Hall–Kier alpha value is -3.73. The summed E-state index contributed by atoms with van der Waals surface area (Å²) in [6.45, 7) is 1.04. The fourth-order valence-corrected chi connectivity index (χ4v) is 10.0. The molecule has 4 fully saturated rings. The number of nitrogens with zero attached hydrogens (tertiary/aromatic N) is 1. The zero-order valence-corrected chi connectivity index (χ0v) is 27.6. The summed E-state index contributed by atoms with van der Waals surface area (Å²) in [4.78, 5) is 23.8. The zero-order valence-electron chi connectivity index (χ0n) is 25.2. The molecule has 2 aliphatic carbocycles. The summed E-state index contributed by atoms with van der Waals surface area (Å²) in [5, 5.41) is 23.2. The van der Waals surface area contributed by atoms with Crippen LogP contribution in [0.4, 0.5) is 0 Å². The van der Waals surface area contributed by atoms with Crippen LogP contribution in [0.5, 0.6) is 0 Å². The number of aliphatic carboxylic acids is 2. The summed E-state index contributed by atoms with van der Waals surface area (Å²) in [5.41, 5.74) is 1.74. The number of sulfonamides is 1. The summed E-state index contributed by atoms with van der Waals surface area (Å²) >= 11 is 5.94. The number of piperidine rings is 2. The first-order chi connectivity index (χ1) is 22.1. The number of hydrogen-bond acceptors (Lipinski definition) is 5. The number of carboxylic acid groups (broad SMARTS) is 2. The fourth-order valence-electron chi connectivity index (χ4n) is 8.12. The standard InChI is InChI=1S/C24H20ClNO4S.C12H13NO2.ClH/c25-19-10-6-16(7-11-19)17-8-12-20(13-9-17)31(29,30)26-15-14-21-22(24(21,26)23(27)28)18-4-2-1-3-5-18;14-11(15)12-9(6-7-13-12)10(12)8-4-2-1-3-5-8;/h1-13,21-22H,14-15H2,(H,27,28);1-5,9-10,13H,6-7H2,(H,14,15);1H. The molecule has 6 atom stereocenters. The molecule has 4 aliphatic rings. The summed E-state index contributed by atoms with van der Waals surface area (Å²) < 4.78 is 28.2. The molecule has 2 heterocycles. The third-order valence-electron chi connectivity index (χ3n) is 10.3. The highest BCUT2D eigenvalue weighted by Gasteiger charge is 2.78. The van der Waals surface area contributed by atoms with E-state index in [0.717, 1.165) is 35.2 Å². The van der Waals surface area contributed by atoms with E-state index < -0.39 is 33.0 Å². The van der Waals surface area contributed by atoms with Crippen LogP contribution in [-0.2, 0) is 19.6 Å². The average molecular weight is 694 g/mol. The molecule has 0 aromatic heterocycles. The Kier molecular flexibility index (Phi) is 8.74. The highest BCUT2D eigenvalue weighted by molar-refractivity contribution is 7.89. The number of fused-ring (bicyclic) bond motifs is 2. The van der Waals surface area contributed by atoms with E-state index in [0.29, 0.717) is 11.4 Å². The summed E-state index contributed by atoms with van der Waals surface area (Å²) in [6, 6.07) is 33.1. The minimum atomic E-state index is -3.96. The van der Waals surface area contributed by atoms with Gasteiger partial charge in [0, 0.05) is 29.3 Å². The first-order valence-electron chi connectivity index (χ1n) is 15.3. The van der Waals surface area contributed by atoms with Gasteiger partial charge in [-0.1, -0.05) is 96.5 Å². The van der Waals surface area contributed by atoms with Crippen molar-refractivity contribution in [3.8, 4) is 11.1 Å². The Labute approximate surface area is 284 Å². The molecule has 8 nitrogen and oxygen atoms in total. The van der Waals surface area contributed by atoms with Gasteiger partial charge in [0.1, 0.15) is 11.1 Å². The third kappa shape index (κ3) is 5.25. The third-order valence-corrected chi connectivity index (χ3v) is 12.4. The van der Waals surface area contributed by atoms with Crippen LogP contribution in [0.3, 0.4) is 0 Å². The number of hydrogen-bond donors (Lipinski definition) is 3. The fraction of sp³-hybridized carbons (Fsp3) is 0.278. The molecular weight excluding hydrogens is 659 g/mol. The molecule has 2 saturated carbocycles. The van der Waals surface area contributed by atoms with Gasteiger partial charge in [0.25, 0.3) is 0 Å². The predicted octanol–water partition coefficient (Wildman–Crippen LogP) is 6.28. The SMILES string of the molecule is Cl.O=C(O)C12C(CCN1S(=O)(=O)c1ccc(-c3ccc(Cl)cc3)cc1)C2c1ccccc1.O=C(O)C12NCCC1C2c1ccccc1. The van der Waals surface area contributed by atoms with Crippen molar-refractivity contribution in [3.05, 3.63) is 125 Å². The average Bonchev–Trinajstić information content (AvgIpc) is 3.76. The van der Waals surface area contributed by atoms with Gasteiger partial charge in [-0.25, -0.2) is 8.42 Å². The smallest absolute Gasteiger partial charge is 0.326 e. The number of carbonyl (C=O) groups is 2. The number of rotatable bonds is 7. The van der Waals surface area contributed by atoms with Gasteiger partial charge in [0.15, 0.2) is 0 Å². The molecule has 0 amide bonds. The van der Waals surface area contributed by atoms with Crippen molar-refractivity contribution < 1.29 is 28.2 Å². The van der Waals surface area contributed by atoms with Gasteiger partial charge in [-0.05, 0) is 71.8 Å². The predicted molar refractivity (Wildman–Crippen MR) is 181 cm³/mol. The van der Waals surface area contributed by atoms with Crippen LogP contribution in [0.15, 0.2) is 114 Å². The van der Waals surface area contributed by atoms with Gasteiger partial charge >= 0.3 is 11.9 Å². The minimum absolute atomic E-state index is 0. The first kappa shape index (κ1) is 33.2. The van der Waals surface area contributed by atoms with E-state index >= 15 is 0 Å². The van der Waals surface area contributed by atoms with Crippen molar-refractivity contribution in [1.82, 2.24) is 9.62 Å². The lowest BCUT2D eigenvalue weighted by molar-refractivity contribution is -0.143. The highest BCUT2D eigenvalue weighted by Crippen LogP contribution is 2.67. The van der Waals surface area contributed by atoms with Gasteiger partial charge in [-0.2, -0.15) is 4.31 Å². The van der Waals surface area contributed by atoms with E-state index in [9.17, 15) is 28.2 Å². The largest absolute Gasteiger partial charge is 0.480 e. The maximum absolute atomic E-state index is 13.5. The number of halogens is 2. The van der Waals surface area contributed by atoms with Crippen LogP contribution < -0.4 is 5.32 Å². The molecule has 3 N–H and O–H groups in total. The quantitative estimate of drug-likeness (QED) is 0.208. The molecule has 2 saturated heterocycles. The van der Waals surface area contributed by atoms with Crippen LogP contribution in [0.2, 0.25) is 5.02 Å². The second-order valence-electron chi connectivity index (χ2n) is 12.4. The van der Waals surface area contributed by atoms with Gasteiger partial charge in [0.05, 0.1) is 4.90 Å². The molecule has 0 radical (unpaired) electrons. The monoisotopic (exact) mass is 692 g/mol. The Morgan fingerprint density at radius 2 is 1.26 bits per heavy atom. The Bertz CT molecular complexity index is 1890. The topological polar surface area (TPSA) is 124 Å². The lowest BCUT2D eigenvalue weighted by Gasteiger charge is -2.26. The lowest BCUT2D eigenvalue weighted by atomic mass is 10.1. The normalized spacial score (nSPS) is 28.5. The molecule has 4 aromatic carbocycles. The number of nitrogens with one attached hydrogen (secondary N) is 1. The molecule has 11 heteroatoms. The van der Waals surface area contributed by atoms with Crippen molar-refractivity contribution in [2.45, 2.75) is 40.7 Å². The molecule has 4 aromatic rings. The molecule has 0 bridgehead atoms. The van der Waals surface area contributed by atoms with E-state index in [-0.39, 0.29) is 47.5 Å². The maximum Gasteiger partial charge on any atom is 0.326 e. The van der Waals surface area contributed by atoms with Crippen molar-refractivity contribution in [2.24, 2.45) is 11.8 Å². The van der Waals surface area contributed by atoms with E-state index in [2.05, 4.69) is 5.32 Å². The van der Waals surface area contributed by atoms with Crippen molar-refractivity contribution in [2.75, 3.05) is 13.1 Å². The highest BCUT2D eigenvalue weighted by atomic mass is 35.5. The minimum Gasteiger partial charge on any atom is -0.480 e. The summed E-state index contributed by atoms with van der Waals surface area (Å²) in [5.74, 6) is -1.86. The zero-order chi connectivity index (χ0) is 32.3. The summed E-state index contributed by atoms with van der Waals surface area (Å²) in [6.07, 6.45) is 1.51. The van der Waals surface area contributed by atoms with Crippen molar-refractivity contribution in [3.63, 3.8) is 0 Å². The van der Waals surface area contributed by atoms with E-state index in [1.165, 1.54) is 4.31 Å². The van der Waals surface area contributed by atoms with E-state index in [4.69, 9.17) is 11.6 Å². The van der Waals surface area contributed by atoms with Gasteiger partial charge < -0.3 is 15.5 Å². The van der Waals surface area contributed by atoms with Gasteiger partial charge in [-0.3, -0.25) is 9.59 Å². The van der Waals surface area contributed by atoms with E-state index in [1.54, 1.807) is 36.4 Å². The summed E-state index contributed by atoms with van der Waals surface area (Å²) in [7, 11) is -3.96. The molecule has 8 rings (SSSR count). The second kappa shape index (κ2) is 12.4. The van der Waals surface area contributed by atoms with Crippen LogP contribution in [0.1, 0.15) is 35.8 Å². The molecular formula is C36H34Cl2N2O6S. The van der Waals surface area contributed by atoms with Crippen LogP contribution in [0, 0.1) is 11.8 Å². The van der Waals surface area contributed by atoms with Gasteiger partial charge in [0.2, 0.25) is 10.0 Å². The Balaban J connectivity index is 0.000000202. The second-order valence-corrected chi connectivity index (χ2v) is 14.7. The van der Waals surface area contributed by atoms with Crippen LogP contribution >= 0.6 is 24.0 Å². The Morgan fingerprint density at radius 1 is 0.723 bits per heavy atom. The molecule has 0 spiro atoms. The molecule has 244 valence electrons. The van der Waals surface area contributed by atoms with E-state index in [1.807, 2.05) is 72.8 Å². The van der Waals surface area contributed by atoms with Crippen LogP contribution in [0.25, 0.3) is 11.1 Å².